The lowest BCUT2D eigenvalue weighted by molar-refractivity contribution is 0.602. The van der Waals surface area contributed by atoms with Gasteiger partial charge in [0, 0.05) is 37.4 Å². The van der Waals surface area contributed by atoms with Gasteiger partial charge in [-0.15, -0.1) is 0 Å². The summed E-state index contributed by atoms with van der Waals surface area (Å²) in [7, 11) is 0. The van der Waals surface area contributed by atoms with Gasteiger partial charge >= 0.3 is 0 Å². The van der Waals surface area contributed by atoms with E-state index in [9.17, 15) is 4.39 Å². The molecule has 0 aliphatic carbocycles. The number of aromatic nitrogens is 2. The van der Waals surface area contributed by atoms with Gasteiger partial charge in [0.05, 0.1) is 11.2 Å². The van der Waals surface area contributed by atoms with Crippen molar-refractivity contribution in [3.05, 3.63) is 66.4 Å². The maximum Gasteiger partial charge on any atom is 0.132 e. The fourth-order valence-corrected chi connectivity index (χ4v) is 2.30. The van der Waals surface area contributed by atoms with Crippen LogP contribution >= 0.6 is 0 Å². The number of benzene rings is 1. The second-order valence-corrected chi connectivity index (χ2v) is 4.68. The van der Waals surface area contributed by atoms with Gasteiger partial charge in [-0.3, -0.25) is 4.98 Å². The van der Waals surface area contributed by atoms with E-state index in [4.69, 9.17) is 0 Å². The van der Waals surface area contributed by atoms with Crippen LogP contribution in [0.3, 0.4) is 0 Å². The van der Waals surface area contributed by atoms with Gasteiger partial charge < -0.3 is 9.88 Å². The summed E-state index contributed by atoms with van der Waals surface area (Å²) in [5, 5.41) is 4.02. The highest BCUT2D eigenvalue weighted by atomic mass is 19.1. The third-order valence-electron chi connectivity index (χ3n) is 3.32. The zero-order chi connectivity index (χ0) is 13.8. The molecule has 1 aromatic carbocycles. The van der Waals surface area contributed by atoms with Crippen LogP contribution in [0.15, 0.2) is 54.9 Å². The number of hydrogen-bond donors (Lipinski definition) is 1. The van der Waals surface area contributed by atoms with Crippen LogP contribution < -0.4 is 5.32 Å². The van der Waals surface area contributed by atoms with Crippen LogP contribution in [0.1, 0.15) is 5.69 Å². The highest BCUT2D eigenvalue weighted by Gasteiger charge is 2.04. The van der Waals surface area contributed by atoms with Gasteiger partial charge in [-0.1, -0.05) is 12.1 Å². The van der Waals surface area contributed by atoms with Crippen molar-refractivity contribution in [2.24, 2.45) is 0 Å². The Balaban J connectivity index is 1.59. The van der Waals surface area contributed by atoms with Crippen LogP contribution in [-0.4, -0.2) is 16.1 Å². The molecule has 0 aliphatic rings. The molecule has 0 radical (unpaired) electrons. The molecule has 0 atom stereocenters. The first-order valence-corrected chi connectivity index (χ1v) is 6.68. The molecule has 4 heteroatoms. The summed E-state index contributed by atoms with van der Waals surface area (Å²) >= 11 is 0. The molecule has 3 nitrogen and oxygen atoms in total. The zero-order valence-corrected chi connectivity index (χ0v) is 11.1. The van der Waals surface area contributed by atoms with Gasteiger partial charge in [0.1, 0.15) is 5.82 Å². The maximum atomic E-state index is 13.6. The molecule has 20 heavy (non-hydrogen) atoms. The Morgan fingerprint density at radius 1 is 1.10 bits per heavy atom. The topological polar surface area (TPSA) is 29.9 Å². The molecule has 0 saturated carbocycles. The minimum atomic E-state index is -0.164. The van der Waals surface area contributed by atoms with Crippen molar-refractivity contribution in [3.8, 4) is 0 Å². The molecule has 0 fully saturated rings. The standard InChI is InChI=1S/C16H16FN3/c17-15-5-3-6-16-14(15)7-10-20(16)11-9-18-12-13-4-1-2-8-19-13/h1-8,10,18H,9,11-12H2. The summed E-state index contributed by atoms with van der Waals surface area (Å²) in [6.07, 6.45) is 3.72. The molecule has 3 rings (SSSR count). The van der Waals surface area contributed by atoms with E-state index >= 15 is 0 Å². The third-order valence-corrected chi connectivity index (χ3v) is 3.32. The summed E-state index contributed by atoms with van der Waals surface area (Å²) in [4.78, 5) is 4.26. The lowest BCUT2D eigenvalue weighted by Crippen LogP contribution is -2.19. The quantitative estimate of drug-likeness (QED) is 0.722. The van der Waals surface area contributed by atoms with E-state index in [2.05, 4.69) is 14.9 Å². The smallest absolute Gasteiger partial charge is 0.132 e. The van der Waals surface area contributed by atoms with Crippen molar-refractivity contribution >= 4 is 10.9 Å². The molecule has 3 aromatic rings. The van der Waals surface area contributed by atoms with Crippen molar-refractivity contribution in [1.29, 1.82) is 0 Å². The Labute approximate surface area is 117 Å². The number of pyridine rings is 1. The van der Waals surface area contributed by atoms with Crippen molar-refractivity contribution in [2.45, 2.75) is 13.1 Å². The molecule has 0 saturated heterocycles. The Hall–Kier alpha value is -2.20. The van der Waals surface area contributed by atoms with Crippen LogP contribution in [0, 0.1) is 5.82 Å². The highest BCUT2D eigenvalue weighted by molar-refractivity contribution is 5.80. The van der Waals surface area contributed by atoms with E-state index in [1.165, 1.54) is 6.07 Å². The second-order valence-electron chi connectivity index (χ2n) is 4.68. The van der Waals surface area contributed by atoms with Crippen molar-refractivity contribution in [3.63, 3.8) is 0 Å². The number of hydrogen-bond acceptors (Lipinski definition) is 2. The van der Waals surface area contributed by atoms with Gasteiger partial charge in [-0.05, 0) is 30.3 Å². The summed E-state index contributed by atoms with van der Waals surface area (Å²) in [5.41, 5.74) is 1.96. The Morgan fingerprint density at radius 3 is 2.90 bits per heavy atom. The van der Waals surface area contributed by atoms with Gasteiger partial charge in [0.15, 0.2) is 0 Å². The summed E-state index contributed by atoms with van der Waals surface area (Å²) in [5.74, 6) is -0.164. The number of fused-ring (bicyclic) bond motifs is 1. The molecule has 2 heterocycles. The lowest BCUT2D eigenvalue weighted by Gasteiger charge is -2.07. The summed E-state index contributed by atoms with van der Waals surface area (Å²) < 4.78 is 15.6. The molecule has 0 spiro atoms. The number of rotatable bonds is 5. The monoisotopic (exact) mass is 269 g/mol. The Kier molecular flexibility index (Phi) is 3.74. The first-order valence-electron chi connectivity index (χ1n) is 6.68. The van der Waals surface area contributed by atoms with Gasteiger partial charge in [-0.2, -0.15) is 0 Å². The predicted molar refractivity (Wildman–Crippen MR) is 77.8 cm³/mol. The molecular weight excluding hydrogens is 253 g/mol. The lowest BCUT2D eigenvalue weighted by atomic mass is 10.2. The average molecular weight is 269 g/mol. The average Bonchev–Trinajstić information content (AvgIpc) is 2.90. The fourth-order valence-electron chi connectivity index (χ4n) is 2.30. The van der Waals surface area contributed by atoms with E-state index in [0.29, 0.717) is 5.39 Å². The van der Waals surface area contributed by atoms with E-state index in [0.717, 1.165) is 30.8 Å². The van der Waals surface area contributed by atoms with Crippen molar-refractivity contribution in [2.75, 3.05) is 6.54 Å². The maximum absolute atomic E-state index is 13.6. The molecule has 1 N–H and O–H groups in total. The fraction of sp³-hybridized carbons (Fsp3) is 0.188. The SMILES string of the molecule is Fc1cccc2c1ccn2CCNCc1ccccn1. The van der Waals surface area contributed by atoms with Gasteiger partial charge in [-0.25, -0.2) is 4.39 Å². The van der Waals surface area contributed by atoms with E-state index in [1.54, 1.807) is 12.3 Å². The molecule has 2 aromatic heterocycles. The van der Waals surface area contributed by atoms with Crippen LogP contribution in [0.4, 0.5) is 4.39 Å². The van der Waals surface area contributed by atoms with Crippen LogP contribution in [0.5, 0.6) is 0 Å². The van der Waals surface area contributed by atoms with E-state index in [-0.39, 0.29) is 5.82 Å². The van der Waals surface area contributed by atoms with Crippen LogP contribution in [0.2, 0.25) is 0 Å². The summed E-state index contributed by atoms with van der Waals surface area (Å²) in [6, 6.07) is 12.9. The third kappa shape index (κ3) is 2.70. The normalized spacial score (nSPS) is 11.1. The molecule has 0 aliphatic heterocycles. The highest BCUT2D eigenvalue weighted by Crippen LogP contribution is 2.18. The van der Waals surface area contributed by atoms with Gasteiger partial charge in [0.25, 0.3) is 0 Å². The first kappa shape index (κ1) is 12.8. The van der Waals surface area contributed by atoms with Gasteiger partial charge in [0.2, 0.25) is 0 Å². The Morgan fingerprint density at radius 2 is 2.05 bits per heavy atom. The van der Waals surface area contributed by atoms with E-state index in [1.807, 2.05) is 36.5 Å². The minimum Gasteiger partial charge on any atom is -0.346 e. The van der Waals surface area contributed by atoms with Crippen molar-refractivity contribution < 1.29 is 4.39 Å². The molecule has 0 amide bonds. The molecular formula is C16H16FN3. The second kappa shape index (κ2) is 5.84. The largest absolute Gasteiger partial charge is 0.346 e. The predicted octanol–water partition coefficient (Wildman–Crippen LogP) is 2.97. The zero-order valence-electron chi connectivity index (χ0n) is 11.1. The van der Waals surface area contributed by atoms with E-state index < -0.39 is 0 Å². The number of nitrogens with one attached hydrogen (secondary N) is 1. The molecule has 102 valence electrons. The van der Waals surface area contributed by atoms with Crippen molar-refractivity contribution in [1.82, 2.24) is 14.9 Å². The molecule has 0 bridgehead atoms. The summed E-state index contributed by atoms with van der Waals surface area (Å²) in [6.45, 7) is 2.37. The van der Waals surface area contributed by atoms with Crippen LogP contribution in [-0.2, 0) is 13.1 Å². The minimum absolute atomic E-state index is 0.164. The first-order chi connectivity index (χ1) is 9.84. The molecule has 0 unspecified atom stereocenters. The van der Waals surface area contributed by atoms with Crippen LogP contribution in [0.25, 0.3) is 10.9 Å². The number of nitrogens with zero attached hydrogens (tertiary/aromatic N) is 2. The Bertz CT molecular complexity index is 691. The number of halogens is 1.